The molecule has 1 aliphatic rings. The van der Waals surface area contributed by atoms with Gasteiger partial charge in [0.25, 0.3) is 0 Å². The number of ether oxygens (including phenoxy) is 1. The molecule has 0 heterocycles. The van der Waals surface area contributed by atoms with Crippen molar-refractivity contribution in [2.75, 3.05) is 13.2 Å². The van der Waals surface area contributed by atoms with Crippen molar-refractivity contribution in [3.63, 3.8) is 0 Å². The molecule has 0 aromatic heterocycles. The Hall–Kier alpha value is -3.98. The predicted octanol–water partition coefficient (Wildman–Crippen LogP) is 5.70. The van der Waals surface area contributed by atoms with Crippen LogP contribution in [0.25, 0.3) is 11.1 Å². The number of aliphatic imine (C=N–C) groups is 1. The fourth-order valence-corrected chi connectivity index (χ4v) is 4.84. The average Bonchev–Trinajstić information content (AvgIpc) is 3.28. The van der Waals surface area contributed by atoms with E-state index in [4.69, 9.17) is 10.5 Å². The average molecular weight is 549 g/mol. The number of aliphatic carboxylic acids is 1. The van der Waals surface area contributed by atoms with Crippen molar-refractivity contribution in [2.24, 2.45) is 10.7 Å². The van der Waals surface area contributed by atoms with Crippen LogP contribution in [0.15, 0.2) is 82.7 Å². The van der Waals surface area contributed by atoms with Gasteiger partial charge in [0.05, 0.1) is 0 Å². The van der Waals surface area contributed by atoms with Gasteiger partial charge in [0.2, 0.25) is 0 Å². The van der Waals surface area contributed by atoms with E-state index >= 15 is 0 Å². The summed E-state index contributed by atoms with van der Waals surface area (Å²) in [5.74, 6) is -0.968. The highest BCUT2D eigenvalue weighted by Gasteiger charge is 2.29. The molecule has 39 heavy (non-hydrogen) atoms. The highest BCUT2D eigenvalue weighted by Crippen LogP contribution is 2.44. The van der Waals surface area contributed by atoms with E-state index < -0.39 is 18.1 Å². The molecule has 5 N–H and O–H groups in total. The minimum absolute atomic E-state index is 0.0935. The van der Waals surface area contributed by atoms with E-state index in [2.05, 4.69) is 27.2 Å². The lowest BCUT2D eigenvalue weighted by Gasteiger charge is -2.17. The molecule has 3 aromatic rings. The van der Waals surface area contributed by atoms with E-state index in [9.17, 15) is 14.7 Å². The maximum absolute atomic E-state index is 12.5. The van der Waals surface area contributed by atoms with Crippen LogP contribution >= 0.6 is 11.9 Å². The highest BCUT2D eigenvalue weighted by molar-refractivity contribution is 7.98. The Kier molecular flexibility index (Phi) is 11.2. The Labute approximate surface area is 234 Å². The Morgan fingerprint density at radius 1 is 1.00 bits per heavy atom. The molecular formula is C30H36N4O4S. The lowest BCUT2D eigenvalue weighted by molar-refractivity contribution is -0.139. The molecule has 0 saturated carbocycles. The molecule has 8 nitrogen and oxygen atoms in total. The maximum Gasteiger partial charge on any atom is 0.407 e. The Morgan fingerprint density at radius 3 is 2.18 bits per heavy atom. The van der Waals surface area contributed by atoms with Crippen LogP contribution in [0.4, 0.5) is 4.79 Å². The van der Waals surface area contributed by atoms with Gasteiger partial charge >= 0.3 is 12.1 Å². The second-order valence-corrected chi connectivity index (χ2v) is 9.67. The molecular weight excluding hydrogens is 512 g/mol. The van der Waals surface area contributed by atoms with Crippen LogP contribution in [0, 0.1) is 6.92 Å². The third kappa shape index (κ3) is 8.25. The van der Waals surface area contributed by atoms with Crippen molar-refractivity contribution in [2.45, 2.75) is 50.5 Å². The molecule has 206 valence electrons. The van der Waals surface area contributed by atoms with Crippen molar-refractivity contribution in [1.29, 1.82) is 0 Å². The smallest absolute Gasteiger partial charge is 0.407 e. The summed E-state index contributed by atoms with van der Waals surface area (Å²) in [6.45, 7) is 6.46. The lowest BCUT2D eigenvalue weighted by atomic mass is 9.98. The second kappa shape index (κ2) is 14.8. The van der Waals surface area contributed by atoms with Crippen molar-refractivity contribution in [3.8, 4) is 11.1 Å². The van der Waals surface area contributed by atoms with Gasteiger partial charge in [0, 0.05) is 17.4 Å². The van der Waals surface area contributed by atoms with Crippen LogP contribution in [0.2, 0.25) is 0 Å². The molecule has 0 aliphatic heterocycles. The molecule has 0 radical (unpaired) electrons. The number of fused-ring (bicyclic) bond motifs is 3. The number of hydrogen-bond acceptors (Lipinski definition) is 5. The number of carboxylic acids is 1. The Morgan fingerprint density at radius 2 is 1.59 bits per heavy atom. The number of hydrogen-bond donors (Lipinski definition) is 4. The maximum atomic E-state index is 12.5. The predicted molar refractivity (Wildman–Crippen MR) is 157 cm³/mol. The van der Waals surface area contributed by atoms with E-state index in [-0.39, 0.29) is 24.9 Å². The van der Waals surface area contributed by atoms with Crippen molar-refractivity contribution in [1.82, 2.24) is 10.0 Å². The molecule has 9 heteroatoms. The van der Waals surface area contributed by atoms with E-state index in [1.54, 1.807) is 0 Å². The van der Waals surface area contributed by atoms with E-state index in [0.29, 0.717) is 13.0 Å². The van der Waals surface area contributed by atoms with Crippen molar-refractivity contribution < 1.29 is 19.4 Å². The quantitative estimate of drug-likeness (QED) is 0.111. The standard InChI is InChI=1S/C28H30N4O4S.C2H6/c1-18-12-14-19(15-13-18)37-32-27(29)30-16-6-11-25(26(33)34)31-28(35)36-17-24-22-9-4-2-7-20(22)21-8-3-5-10-23(21)24;1-2/h2-5,7-10,12-15,24-25H,6,11,16-17H2,1H3,(H,31,35)(H,33,34)(H3,29,30,32);1-2H3. The highest BCUT2D eigenvalue weighted by atomic mass is 32.2. The Bertz CT molecular complexity index is 1230. The number of amides is 1. The van der Waals surface area contributed by atoms with Gasteiger partial charge < -0.3 is 20.9 Å². The van der Waals surface area contributed by atoms with Gasteiger partial charge in [-0.3, -0.25) is 9.71 Å². The first kappa shape index (κ1) is 29.6. The SMILES string of the molecule is CC.Cc1ccc(SNC(N)=NCCCC(NC(=O)OCC2c3ccccc3-c3ccccc32)C(=O)O)cc1. The molecule has 1 atom stereocenters. The number of guanidine groups is 1. The molecule has 0 spiro atoms. The van der Waals surface area contributed by atoms with Crippen molar-refractivity contribution >= 4 is 30.0 Å². The second-order valence-electron chi connectivity index (χ2n) is 8.79. The number of carbonyl (C=O) groups excluding carboxylic acids is 1. The van der Waals surface area contributed by atoms with E-state index in [0.717, 1.165) is 27.1 Å². The molecule has 3 aromatic carbocycles. The Balaban J connectivity index is 0.00000205. The van der Waals surface area contributed by atoms with Crippen LogP contribution < -0.4 is 15.8 Å². The number of nitrogens with one attached hydrogen (secondary N) is 2. The number of nitrogens with two attached hydrogens (primary N) is 1. The zero-order chi connectivity index (χ0) is 28.2. The summed E-state index contributed by atoms with van der Waals surface area (Å²) in [7, 11) is 0. The van der Waals surface area contributed by atoms with Crippen LogP contribution in [-0.4, -0.2) is 42.3 Å². The lowest BCUT2D eigenvalue weighted by Crippen LogP contribution is -2.41. The third-order valence-electron chi connectivity index (χ3n) is 6.16. The minimum Gasteiger partial charge on any atom is -0.480 e. The fourth-order valence-electron chi connectivity index (χ4n) is 4.28. The minimum atomic E-state index is -1.13. The molecule has 0 fully saturated rings. The molecule has 1 unspecified atom stereocenters. The van der Waals surface area contributed by atoms with E-state index in [1.165, 1.54) is 17.5 Å². The molecule has 1 aliphatic carbocycles. The number of benzene rings is 3. The topological polar surface area (TPSA) is 126 Å². The van der Waals surface area contributed by atoms with Gasteiger partial charge in [-0.2, -0.15) is 0 Å². The van der Waals surface area contributed by atoms with Gasteiger partial charge in [-0.1, -0.05) is 80.1 Å². The number of rotatable bonds is 10. The summed E-state index contributed by atoms with van der Waals surface area (Å²) in [5.41, 5.74) is 11.5. The molecule has 0 saturated heterocycles. The molecule has 1 amide bonds. The molecule has 0 bridgehead atoms. The van der Waals surface area contributed by atoms with E-state index in [1.807, 2.05) is 81.4 Å². The van der Waals surface area contributed by atoms with Gasteiger partial charge in [-0.25, -0.2) is 9.59 Å². The summed E-state index contributed by atoms with van der Waals surface area (Å²) < 4.78 is 8.43. The van der Waals surface area contributed by atoms with Crippen LogP contribution in [0.3, 0.4) is 0 Å². The zero-order valence-corrected chi connectivity index (χ0v) is 23.3. The van der Waals surface area contributed by atoms with Crippen LogP contribution in [-0.2, 0) is 9.53 Å². The van der Waals surface area contributed by atoms with Gasteiger partial charge in [-0.05, 0) is 66.1 Å². The third-order valence-corrected chi connectivity index (χ3v) is 6.98. The van der Waals surface area contributed by atoms with Crippen LogP contribution in [0.5, 0.6) is 0 Å². The monoisotopic (exact) mass is 548 g/mol. The number of carboxylic acid groups (broad SMARTS) is 1. The molecule has 4 rings (SSSR count). The summed E-state index contributed by atoms with van der Waals surface area (Å²) in [6.07, 6.45) is -0.131. The normalized spacial score (nSPS) is 12.8. The summed E-state index contributed by atoms with van der Waals surface area (Å²) in [4.78, 5) is 29.4. The number of carbonyl (C=O) groups is 2. The largest absolute Gasteiger partial charge is 0.480 e. The zero-order valence-electron chi connectivity index (χ0n) is 22.5. The van der Waals surface area contributed by atoms with Gasteiger partial charge in [0.15, 0.2) is 5.96 Å². The summed E-state index contributed by atoms with van der Waals surface area (Å²) in [5, 5.41) is 12.0. The first-order valence-corrected chi connectivity index (χ1v) is 13.9. The first-order chi connectivity index (χ1) is 18.9. The number of nitrogens with zero attached hydrogens (tertiary/aromatic N) is 1. The van der Waals surface area contributed by atoms with Crippen molar-refractivity contribution in [3.05, 3.63) is 89.5 Å². The fraction of sp³-hybridized carbons (Fsp3) is 0.300. The number of aryl methyl sites for hydroxylation is 1. The number of alkyl carbamates (subject to hydrolysis) is 1. The first-order valence-electron chi connectivity index (χ1n) is 13.1. The van der Waals surface area contributed by atoms with Crippen LogP contribution in [0.1, 0.15) is 49.3 Å². The summed E-state index contributed by atoms with van der Waals surface area (Å²) in [6, 6.07) is 23.0. The van der Waals surface area contributed by atoms with Gasteiger partial charge in [-0.15, -0.1) is 0 Å². The summed E-state index contributed by atoms with van der Waals surface area (Å²) >= 11 is 1.35. The van der Waals surface area contributed by atoms with Gasteiger partial charge in [0.1, 0.15) is 12.6 Å².